The van der Waals surface area contributed by atoms with Gasteiger partial charge in [-0.05, 0) is 44.4 Å². The van der Waals surface area contributed by atoms with Crippen LogP contribution in [0.3, 0.4) is 0 Å². The van der Waals surface area contributed by atoms with E-state index in [1.54, 1.807) is 0 Å². The molecule has 0 bridgehead atoms. The molecule has 0 aliphatic heterocycles. The Labute approximate surface area is 131 Å². The van der Waals surface area contributed by atoms with Gasteiger partial charge < -0.3 is 10.6 Å². The summed E-state index contributed by atoms with van der Waals surface area (Å²) in [6, 6.07) is 5.95. The molecule has 0 spiro atoms. The number of benzene rings is 1. The average Bonchev–Trinajstić information content (AvgIpc) is 2.40. The van der Waals surface area contributed by atoms with Crippen molar-refractivity contribution in [2.75, 3.05) is 17.2 Å². The number of aromatic nitrogens is 2. The summed E-state index contributed by atoms with van der Waals surface area (Å²) in [6.07, 6.45) is 1.05. The Kier molecular flexibility index (Phi) is 5.02. The molecule has 0 unspecified atom stereocenters. The predicted octanol–water partition coefficient (Wildman–Crippen LogP) is 4.62. The van der Waals surface area contributed by atoms with Crippen LogP contribution in [0.15, 0.2) is 18.2 Å². The molecule has 0 saturated heterocycles. The van der Waals surface area contributed by atoms with Crippen LogP contribution in [0.1, 0.15) is 30.2 Å². The van der Waals surface area contributed by atoms with Crippen LogP contribution in [-0.4, -0.2) is 16.5 Å². The minimum absolute atomic E-state index is 0.558. The molecular weight excluding hydrogens is 284 g/mol. The van der Waals surface area contributed by atoms with Crippen LogP contribution in [-0.2, 0) is 0 Å². The van der Waals surface area contributed by atoms with Gasteiger partial charge in [0.05, 0.1) is 10.7 Å². The lowest BCUT2D eigenvalue weighted by Gasteiger charge is -2.13. The molecule has 0 aliphatic rings. The third-order valence-electron chi connectivity index (χ3n) is 3.08. The van der Waals surface area contributed by atoms with E-state index in [1.165, 1.54) is 0 Å². The van der Waals surface area contributed by atoms with Crippen molar-refractivity contribution in [3.05, 3.63) is 40.0 Å². The van der Waals surface area contributed by atoms with Crippen molar-refractivity contribution >= 4 is 29.1 Å². The Bertz CT molecular complexity index is 617. The largest absolute Gasteiger partial charge is 0.370 e. The van der Waals surface area contributed by atoms with Gasteiger partial charge >= 0.3 is 0 Å². The van der Waals surface area contributed by atoms with E-state index in [4.69, 9.17) is 11.6 Å². The van der Waals surface area contributed by atoms with Crippen LogP contribution in [0.2, 0.25) is 5.02 Å². The molecule has 0 saturated carbocycles. The zero-order valence-electron chi connectivity index (χ0n) is 12.9. The van der Waals surface area contributed by atoms with Gasteiger partial charge in [0, 0.05) is 18.3 Å². The second kappa shape index (κ2) is 6.76. The Balaban J connectivity index is 2.29. The Morgan fingerprint density at radius 2 is 1.86 bits per heavy atom. The van der Waals surface area contributed by atoms with E-state index in [0.717, 1.165) is 41.3 Å². The van der Waals surface area contributed by atoms with E-state index in [-0.39, 0.29) is 0 Å². The molecular formula is C16H21ClN4. The summed E-state index contributed by atoms with van der Waals surface area (Å²) in [5.74, 6) is 1.38. The van der Waals surface area contributed by atoms with E-state index in [9.17, 15) is 0 Å². The number of hydrogen-bond donors (Lipinski definition) is 2. The van der Waals surface area contributed by atoms with Crippen LogP contribution in [0, 0.1) is 20.8 Å². The smallest absolute Gasteiger partial charge is 0.229 e. The molecule has 1 heterocycles. The Hall–Kier alpha value is -1.81. The second-order valence-electron chi connectivity index (χ2n) is 5.21. The molecule has 0 fully saturated rings. The first kappa shape index (κ1) is 15.6. The number of nitrogens with one attached hydrogen (secondary N) is 2. The van der Waals surface area contributed by atoms with Gasteiger partial charge in [-0.15, -0.1) is 0 Å². The monoisotopic (exact) mass is 304 g/mol. The van der Waals surface area contributed by atoms with Gasteiger partial charge in [-0.25, -0.2) is 4.98 Å². The van der Waals surface area contributed by atoms with Gasteiger partial charge in [0.2, 0.25) is 5.95 Å². The predicted molar refractivity (Wildman–Crippen MR) is 89.8 cm³/mol. The van der Waals surface area contributed by atoms with Crippen LogP contribution >= 0.6 is 11.6 Å². The van der Waals surface area contributed by atoms with Crippen molar-refractivity contribution in [1.82, 2.24) is 9.97 Å². The number of rotatable bonds is 5. The molecule has 2 aromatic rings. The molecule has 0 amide bonds. The molecule has 2 N–H and O–H groups in total. The average molecular weight is 305 g/mol. The van der Waals surface area contributed by atoms with Crippen molar-refractivity contribution in [1.29, 1.82) is 0 Å². The molecule has 1 aromatic heterocycles. The summed E-state index contributed by atoms with van der Waals surface area (Å²) >= 11 is 6.31. The molecule has 0 atom stereocenters. The fraction of sp³-hybridized carbons (Fsp3) is 0.375. The summed E-state index contributed by atoms with van der Waals surface area (Å²) in [6.45, 7) is 9.01. The maximum Gasteiger partial charge on any atom is 0.229 e. The van der Waals surface area contributed by atoms with Crippen LogP contribution in [0.25, 0.3) is 0 Å². The number of anilines is 3. The van der Waals surface area contributed by atoms with Crippen molar-refractivity contribution in [2.45, 2.75) is 34.1 Å². The number of halogens is 1. The zero-order chi connectivity index (χ0) is 15.4. The van der Waals surface area contributed by atoms with E-state index < -0.39 is 0 Å². The van der Waals surface area contributed by atoms with Crippen molar-refractivity contribution < 1.29 is 0 Å². The van der Waals surface area contributed by atoms with Crippen LogP contribution < -0.4 is 10.6 Å². The highest BCUT2D eigenvalue weighted by Crippen LogP contribution is 2.29. The molecule has 1 aromatic carbocycles. The molecule has 21 heavy (non-hydrogen) atoms. The van der Waals surface area contributed by atoms with E-state index in [0.29, 0.717) is 11.0 Å². The van der Waals surface area contributed by atoms with Crippen LogP contribution in [0.4, 0.5) is 17.5 Å². The van der Waals surface area contributed by atoms with Gasteiger partial charge in [0.1, 0.15) is 5.82 Å². The summed E-state index contributed by atoms with van der Waals surface area (Å²) in [5, 5.41) is 7.19. The maximum absolute atomic E-state index is 6.31. The van der Waals surface area contributed by atoms with Gasteiger partial charge in [-0.3, -0.25) is 0 Å². The Morgan fingerprint density at radius 1 is 1.10 bits per heavy atom. The van der Waals surface area contributed by atoms with E-state index >= 15 is 0 Å². The third kappa shape index (κ3) is 4.08. The highest BCUT2D eigenvalue weighted by atomic mass is 35.5. The van der Waals surface area contributed by atoms with Crippen molar-refractivity contribution in [3.8, 4) is 0 Å². The molecule has 112 valence electrons. The molecule has 2 rings (SSSR count). The number of aryl methyl sites for hydroxylation is 3. The molecule has 5 heteroatoms. The fourth-order valence-corrected chi connectivity index (χ4v) is 2.52. The highest BCUT2D eigenvalue weighted by Gasteiger charge is 2.08. The minimum Gasteiger partial charge on any atom is -0.370 e. The number of hydrogen-bond acceptors (Lipinski definition) is 4. The first-order valence-corrected chi connectivity index (χ1v) is 7.50. The lowest BCUT2D eigenvalue weighted by Crippen LogP contribution is -2.06. The first-order chi connectivity index (χ1) is 9.99. The topological polar surface area (TPSA) is 49.8 Å². The van der Waals surface area contributed by atoms with Crippen molar-refractivity contribution in [3.63, 3.8) is 0 Å². The second-order valence-corrected chi connectivity index (χ2v) is 5.62. The minimum atomic E-state index is 0.558. The summed E-state index contributed by atoms with van der Waals surface area (Å²) in [4.78, 5) is 8.90. The Morgan fingerprint density at radius 3 is 2.52 bits per heavy atom. The van der Waals surface area contributed by atoms with E-state index in [2.05, 4.69) is 33.6 Å². The lowest BCUT2D eigenvalue weighted by molar-refractivity contribution is 0.962. The summed E-state index contributed by atoms with van der Waals surface area (Å²) in [5.41, 5.74) is 3.98. The van der Waals surface area contributed by atoms with E-state index in [1.807, 2.05) is 32.9 Å². The molecule has 4 nitrogen and oxygen atoms in total. The summed E-state index contributed by atoms with van der Waals surface area (Å²) < 4.78 is 0. The van der Waals surface area contributed by atoms with Gasteiger partial charge in [-0.1, -0.05) is 24.6 Å². The number of nitrogens with zero attached hydrogens (tertiary/aromatic N) is 2. The molecule has 0 aliphatic carbocycles. The summed E-state index contributed by atoms with van der Waals surface area (Å²) in [7, 11) is 0. The highest BCUT2D eigenvalue weighted by molar-refractivity contribution is 6.33. The van der Waals surface area contributed by atoms with Gasteiger partial charge in [0.15, 0.2) is 0 Å². The first-order valence-electron chi connectivity index (χ1n) is 7.13. The van der Waals surface area contributed by atoms with Gasteiger partial charge in [0.25, 0.3) is 0 Å². The zero-order valence-corrected chi connectivity index (χ0v) is 13.7. The molecule has 0 radical (unpaired) electrons. The fourth-order valence-electron chi connectivity index (χ4n) is 2.15. The quantitative estimate of drug-likeness (QED) is 0.846. The SMILES string of the molecule is CCCNc1cc(C)nc(Nc2c(C)cc(C)cc2Cl)n1. The normalized spacial score (nSPS) is 10.5. The lowest BCUT2D eigenvalue weighted by atomic mass is 10.1. The standard InChI is InChI=1S/C16H21ClN4/c1-5-6-18-14-9-12(4)19-16(20-14)21-15-11(3)7-10(2)8-13(15)17/h7-9H,5-6H2,1-4H3,(H2,18,19,20,21). The van der Waals surface area contributed by atoms with Crippen LogP contribution in [0.5, 0.6) is 0 Å². The van der Waals surface area contributed by atoms with Gasteiger partial charge in [-0.2, -0.15) is 4.98 Å². The van der Waals surface area contributed by atoms with Crippen molar-refractivity contribution in [2.24, 2.45) is 0 Å². The third-order valence-corrected chi connectivity index (χ3v) is 3.38. The maximum atomic E-state index is 6.31.